The van der Waals surface area contributed by atoms with Crippen molar-refractivity contribution in [1.29, 1.82) is 0 Å². The minimum Gasteiger partial charge on any atom is -0.411 e. The van der Waals surface area contributed by atoms with Crippen molar-refractivity contribution in [3.8, 4) is 11.5 Å². The van der Waals surface area contributed by atoms with Crippen LogP contribution in [0.4, 0.5) is 5.69 Å². The molecule has 0 atom stereocenters. The molecule has 0 aliphatic rings. The molecule has 1 amide bonds. The normalized spacial score (nSPS) is 10.5. The Morgan fingerprint density at radius 3 is 2.58 bits per heavy atom. The zero-order valence-corrected chi connectivity index (χ0v) is 15.2. The first-order valence-corrected chi connectivity index (χ1v) is 8.94. The van der Waals surface area contributed by atoms with Crippen LogP contribution in [0.5, 0.6) is 0 Å². The molecule has 0 aliphatic heterocycles. The van der Waals surface area contributed by atoms with Gasteiger partial charge in [-0.1, -0.05) is 35.5 Å². The average Bonchev–Trinajstić information content (AvgIpc) is 3.09. The number of aromatic nitrogens is 2. The van der Waals surface area contributed by atoms with Crippen molar-refractivity contribution < 1.29 is 14.0 Å². The van der Waals surface area contributed by atoms with Crippen LogP contribution in [0.1, 0.15) is 22.8 Å². The lowest BCUT2D eigenvalue weighted by Gasteiger charge is -2.02. The molecule has 26 heavy (non-hydrogen) atoms. The minimum atomic E-state index is -0.132. The van der Waals surface area contributed by atoms with Crippen molar-refractivity contribution >= 4 is 29.1 Å². The van der Waals surface area contributed by atoms with Gasteiger partial charge in [0.1, 0.15) is 0 Å². The average molecular weight is 367 g/mol. The minimum absolute atomic E-state index is 0.0121. The van der Waals surface area contributed by atoms with E-state index >= 15 is 0 Å². The van der Waals surface area contributed by atoms with Gasteiger partial charge in [-0.15, -0.1) is 10.2 Å². The highest BCUT2D eigenvalue weighted by Crippen LogP contribution is 2.25. The van der Waals surface area contributed by atoms with Crippen LogP contribution in [-0.2, 0) is 4.79 Å². The molecule has 3 rings (SSSR count). The molecule has 1 aromatic heterocycles. The Bertz CT molecular complexity index is 935. The molecule has 0 fully saturated rings. The van der Waals surface area contributed by atoms with E-state index in [9.17, 15) is 9.59 Å². The van der Waals surface area contributed by atoms with Crippen molar-refractivity contribution in [1.82, 2.24) is 10.2 Å². The molecule has 0 bridgehead atoms. The summed E-state index contributed by atoms with van der Waals surface area (Å²) in [6.07, 6.45) is 0. The Morgan fingerprint density at radius 2 is 1.88 bits per heavy atom. The summed E-state index contributed by atoms with van der Waals surface area (Å²) in [4.78, 5) is 23.3. The van der Waals surface area contributed by atoms with Crippen LogP contribution < -0.4 is 5.32 Å². The smallest absolute Gasteiger partial charge is 0.277 e. The summed E-state index contributed by atoms with van der Waals surface area (Å²) < 4.78 is 5.60. The van der Waals surface area contributed by atoms with Gasteiger partial charge in [0.25, 0.3) is 5.22 Å². The van der Waals surface area contributed by atoms with Gasteiger partial charge in [-0.05, 0) is 37.3 Å². The van der Waals surface area contributed by atoms with Crippen molar-refractivity contribution in [2.75, 3.05) is 11.1 Å². The Hall–Kier alpha value is -2.93. The first-order chi connectivity index (χ1) is 12.5. The summed E-state index contributed by atoms with van der Waals surface area (Å²) in [5, 5.41) is 11.0. The number of carbonyl (C=O) groups is 2. The van der Waals surface area contributed by atoms with Crippen LogP contribution in [0.15, 0.2) is 58.2 Å². The highest BCUT2D eigenvalue weighted by molar-refractivity contribution is 7.99. The van der Waals surface area contributed by atoms with E-state index in [4.69, 9.17) is 4.42 Å². The third-order valence-corrected chi connectivity index (χ3v) is 4.34. The molecule has 1 heterocycles. The predicted molar refractivity (Wildman–Crippen MR) is 100 cm³/mol. The molecule has 7 heteroatoms. The topological polar surface area (TPSA) is 85.1 Å². The summed E-state index contributed by atoms with van der Waals surface area (Å²) in [6.45, 7) is 3.40. The highest BCUT2D eigenvalue weighted by Gasteiger charge is 2.12. The van der Waals surface area contributed by atoms with E-state index < -0.39 is 0 Å². The maximum atomic E-state index is 12.2. The number of carbonyl (C=O) groups excluding carboxylic acids is 2. The van der Waals surface area contributed by atoms with E-state index in [1.165, 1.54) is 18.7 Å². The van der Waals surface area contributed by atoms with E-state index in [1.54, 1.807) is 30.3 Å². The van der Waals surface area contributed by atoms with Crippen molar-refractivity contribution in [3.05, 3.63) is 59.7 Å². The molecule has 0 aliphatic carbocycles. The zero-order valence-electron chi connectivity index (χ0n) is 14.4. The molecule has 1 N–H and O–H groups in total. The molecule has 0 saturated heterocycles. The van der Waals surface area contributed by atoms with E-state index in [0.29, 0.717) is 22.4 Å². The van der Waals surface area contributed by atoms with E-state index in [1.807, 2.05) is 25.1 Å². The molecule has 0 spiro atoms. The summed E-state index contributed by atoms with van der Waals surface area (Å²) in [6, 6.07) is 14.6. The maximum Gasteiger partial charge on any atom is 0.277 e. The number of anilines is 1. The number of rotatable bonds is 6. The summed E-state index contributed by atoms with van der Waals surface area (Å²) in [5.41, 5.74) is 3.15. The number of amides is 1. The number of aryl methyl sites for hydroxylation is 1. The van der Waals surface area contributed by atoms with Crippen LogP contribution in [0.2, 0.25) is 0 Å². The monoisotopic (exact) mass is 367 g/mol. The van der Waals surface area contributed by atoms with Crippen molar-refractivity contribution in [3.63, 3.8) is 0 Å². The Balaban J connectivity index is 1.62. The molecule has 6 nitrogen and oxygen atoms in total. The first kappa shape index (κ1) is 17.9. The second-order valence-electron chi connectivity index (χ2n) is 5.71. The summed E-state index contributed by atoms with van der Waals surface area (Å²) in [5.74, 6) is 0.475. The second-order valence-corrected chi connectivity index (χ2v) is 6.64. The van der Waals surface area contributed by atoms with Crippen LogP contribution in [0.3, 0.4) is 0 Å². The second kappa shape index (κ2) is 7.97. The largest absolute Gasteiger partial charge is 0.411 e. The molecule has 3 aromatic rings. The number of Topliss-reactive ketones (excluding diaryl/α,β-unsaturated/α-hetero) is 1. The SMILES string of the molecule is CC(=O)Nc1ccc(-c2nnc(SCC(=O)c3cccc(C)c3)o2)cc1. The van der Waals surface area contributed by atoms with Gasteiger partial charge in [-0.25, -0.2) is 0 Å². The number of nitrogens with one attached hydrogen (secondary N) is 1. The van der Waals surface area contributed by atoms with Gasteiger partial charge in [0.05, 0.1) is 5.75 Å². The number of hydrogen-bond donors (Lipinski definition) is 1. The fourth-order valence-electron chi connectivity index (χ4n) is 2.31. The van der Waals surface area contributed by atoms with Gasteiger partial charge in [-0.2, -0.15) is 0 Å². The number of hydrogen-bond acceptors (Lipinski definition) is 6. The third-order valence-electron chi connectivity index (χ3n) is 3.53. The van der Waals surface area contributed by atoms with Gasteiger partial charge in [0.15, 0.2) is 5.78 Å². The molecular formula is C19H17N3O3S. The highest BCUT2D eigenvalue weighted by atomic mass is 32.2. The van der Waals surface area contributed by atoms with E-state index in [2.05, 4.69) is 15.5 Å². The van der Waals surface area contributed by atoms with Gasteiger partial charge >= 0.3 is 0 Å². The van der Waals surface area contributed by atoms with Crippen LogP contribution in [0.25, 0.3) is 11.5 Å². The van der Waals surface area contributed by atoms with Crippen LogP contribution in [0, 0.1) is 6.92 Å². The van der Waals surface area contributed by atoms with Crippen LogP contribution in [-0.4, -0.2) is 27.6 Å². The maximum absolute atomic E-state index is 12.2. The molecule has 0 radical (unpaired) electrons. The molecule has 0 saturated carbocycles. The Kier molecular flexibility index (Phi) is 5.48. The van der Waals surface area contributed by atoms with Crippen molar-refractivity contribution in [2.24, 2.45) is 0 Å². The predicted octanol–water partition coefficient (Wildman–Crippen LogP) is 3.98. The van der Waals surface area contributed by atoms with Gasteiger partial charge < -0.3 is 9.73 Å². The van der Waals surface area contributed by atoms with Gasteiger partial charge in [0, 0.05) is 23.7 Å². The molecule has 0 unspecified atom stereocenters. The molecular weight excluding hydrogens is 350 g/mol. The lowest BCUT2D eigenvalue weighted by molar-refractivity contribution is -0.114. The number of nitrogens with zero attached hydrogens (tertiary/aromatic N) is 2. The Labute approximate surface area is 155 Å². The lowest BCUT2D eigenvalue weighted by atomic mass is 10.1. The molecule has 132 valence electrons. The van der Waals surface area contributed by atoms with Gasteiger partial charge in [0.2, 0.25) is 11.8 Å². The van der Waals surface area contributed by atoms with Crippen molar-refractivity contribution in [2.45, 2.75) is 19.1 Å². The number of benzene rings is 2. The summed E-state index contributed by atoms with van der Waals surface area (Å²) in [7, 11) is 0. The quantitative estimate of drug-likeness (QED) is 0.524. The fourth-order valence-corrected chi connectivity index (χ4v) is 2.97. The number of ketones is 1. The van der Waals surface area contributed by atoms with Gasteiger partial charge in [-0.3, -0.25) is 9.59 Å². The Morgan fingerprint density at radius 1 is 1.12 bits per heavy atom. The zero-order chi connectivity index (χ0) is 18.5. The fraction of sp³-hybridized carbons (Fsp3) is 0.158. The molecule has 2 aromatic carbocycles. The standard InChI is InChI=1S/C19H17N3O3S/c1-12-4-3-5-15(10-12)17(24)11-26-19-22-21-18(25-19)14-6-8-16(9-7-14)20-13(2)23/h3-10H,11H2,1-2H3,(H,20,23). The number of thioether (sulfide) groups is 1. The lowest BCUT2D eigenvalue weighted by Crippen LogP contribution is -2.05. The first-order valence-electron chi connectivity index (χ1n) is 7.95. The third kappa shape index (κ3) is 4.58. The summed E-state index contributed by atoms with van der Waals surface area (Å²) >= 11 is 1.21. The van der Waals surface area contributed by atoms with Crippen LogP contribution >= 0.6 is 11.8 Å². The van der Waals surface area contributed by atoms with E-state index in [-0.39, 0.29) is 17.4 Å². The van der Waals surface area contributed by atoms with E-state index in [0.717, 1.165) is 11.1 Å².